The zero-order valence-electron chi connectivity index (χ0n) is 8.49. The summed E-state index contributed by atoms with van der Waals surface area (Å²) in [6, 6.07) is 6.74. The van der Waals surface area contributed by atoms with Gasteiger partial charge >= 0.3 is 0 Å². The largest absolute Gasteiger partial charge is 0.489 e. The summed E-state index contributed by atoms with van der Waals surface area (Å²) >= 11 is 0. The van der Waals surface area contributed by atoms with E-state index in [0.29, 0.717) is 23.5 Å². The van der Waals surface area contributed by atoms with Crippen LogP contribution in [-0.2, 0) is 0 Å². The molecular formula is C12H11NO2. The molecule has 0 aromatic heterocycles. The number of ketones is 1. The first-order valence-electron chi connectivity index (χ1n) is 4.48. The second kappa shape index (κ2) is 4.97. The molecule has 0 amide bonds. The summed E-state index contributed by atoms with van der Waals surface area (Å²) in [6.45, 7) is 5.29. The maximum absolute atomic E-state index is 11.2. The molecule has 0 unspecified atom stereocenters. The average Bonchev–Trinajstić information content (AvgIpc) is 2.25. The lowest BCUT2D eigenvalue weighted by atomic mass is 10.1. The number of hydrogen-bond donors (Lipinski definition) is 0. The Labute approximate surface area is 88.6 Å². The zero-order valence-corrected chi connectivity index (χ0v) is 8.49. The van der Waals surface area contributed by atoms with Crippen LogP contribution in [0.4, 0.5) is 0 Å². The number of rotatable bonds is 4. The summed E-state index contributed by atoms with van der Waals surface area (Å²) in [6.07, 6.45) is 1.59. The molecule has 15 heavy (non-hydrogen) atoms. The van der Waals surface area contributed by atoms with Gasteiger partial charge in [0.25, 0.3) is 0 Å². The van der Waals surface area contributed by atoms with Gasteiger partial charge in [0.15, 0.2) is 5.78 Å². The highest BCUT2D eigenvalue weighted by Gasteiger charge is 2.08. The Morgan fingerprint density at radius 1 is 1.67 bits per heavy atom. The second-order valence-electron chi connectivity index (χ2n) is 2.98. The summed E-state index contributed by atoms with van der Waals surface area (Å²) in [5.41, 5.74) is 0.954. The van der Waals surface area contributed by atoms with Crippen LogP contribution in [0.15, 0.2) is 30.9 Å². The average molecular weight is 201 g/mol. The molecule has 1 aromatic carbocycles. The Morgan fingerprint density at radius 3 is 2.93 bits per heavy atom. The zero-order chi connectivity index (χ0) is 11.3. The van der Waals surface area contributed by atoms with Gasteiger partial charge in [0.2, 0.25) is 0 Å². The topological polar surface area (TPSA) is 50.1 Å². The van der Waals surface area contributed by atoms with Crippen LogP contribution < -0.4 is 4.74 Å². The van der Waals surface area contributed by atoms with Crippen molar-refractivity contribution < 1.29 is 9.53 Å². The van der Waals surface area contributed by atoms with Gasteiger partial charge in [0, 0.05) is 0 Å². The van der Waals surface area contributed by atoms with Crippen molar-refractivity contribution >= 4 is 5.78 Å². The van der Waals surface area contributed by atoms with Gasteiger partial charge in [-0.1, -0.05) is 12.7 Å². The van der Waals surface area contributed by atoms with Gasteiger partial charge < -0.3 is 4.74 Å². The monoisotopic (exact) mass is 201 g/mol. The maximum atomic E-state index is 11.2. The Morgan fingerprint density at radius 2 is 2.40 bits per heavy atom. The molecule has 0 radical (unpaired) electrons. The van der Waals surface area contributed by atoms with Crippen molar-refractivity contribution in [1.82, 2.24) is 0 Å². The van der Waals surface area contributed by atoms with Crippen LogP contribution in [0, 0.1) is 11.3 Å². The highest BCUT2D eigenvalue weighted by atomic mass is 16.5. The standard InChI is InChI=1S/C12H11NO2/c1-3-6-15-12-7-10(8-13)4-5-11(12)9(2)14/h3-5,7H,1,6H2,2H3. The number of nitrogens with zero attached hydrogens (tertiary/aromatic N) is 1. The minimum atomic E-state index is -0.0847. The van der Waals surface area contributed by atoms with E-state index in [9.17, 15) is 4.79 Å². The van der Waals surface area contributed by atoms with E-state index in [-0.39, 0.29) is 5.78 Å². The fraction of sp³-hybridized carbons (Fsp3) is 0.167. The number of ether oxygens (including phenoxy) is 1. The maximum Gasteiger partial charge on any atom is 0.163 e. The molecule has 0 atom stereocenters. The van der Waals surface area contributed by atoms with E-state index in [4.69, 9.17) is 10.00 Å². The third-order valence-electron chi connectivity index (χ3n) is 1.85. The Bertz CT molecular complexity index is 430. The SMILES string of the molecule is C=CCOc1cc(C#N)ccc1C(C)=O. The van der Waals surface area contributed by atoms with Crippen LogP contribution in [0.25, 0.3) is 0 Å². The quantitative estimate of drug-likeness (QED) is 0.555. The first kappa shape index (κ1) is 11.0. The van der Waals surface area contributed by atoms with E-state index in [1.165, 1.54) is 6.92 Å². The summed E-state index contributed by atoms with van der Waals surface area (Å²) in [4.78, 5) is 11.2. The molecule has 0 aliphatic carbocycles. The van der Waals surface area contributed by atoms with Crippen LogP contribution in [0.3, 0.4) is 0 Å². The van der Waals surface area contributed by atoms with Crippen molar-refractivity contribution in [2.45, 2.75) is 6.92 Å². The third-order valence-corrected chi connectivity index (χ3v) is 1.85. The van der Waals surface area contributed by atoms with Crippen LogP contribution in [0.2, 0.25) is 0 Å². The molecule has 76 valence electrons. The number of carbonyl (C=O) groups is 1. The molecule has 3 nitrogen and oxygen atoms in total. The van der Waals surface area contributed by atoms with E-state index in [1.54, 1.807) is 24.3 Å². The van der Waals surface area contributed by atoms with E-state index >= 15 is 0 Å². The molecular weight excluding hydrogens is 190 g/mol. The molecule has 1 aromatic rings. The number of hydrogen-bond acceptors (Lipinski definition) is 3. The molecule has 0 aliphatic heterocycles. The fourth-order valence-corrected chi connectivity index (χ4v) is 1.15. The third kappa shape index (κ3) is 2.68. The van der Waals surface area contributed by atoms with Crippen molar-refractivity contribution in [1.29, 1.82) is 5.26 Å². The lowest BCUT2D eigenvalue weighted by Gasteiger charge is -2.07. The van der Waals surface area contributed by atoms with Crippen LogP contribution in [-0.4, -0.2) is 12.4 Å². The number of carbonyl (C=O) groups excluding carboxylic acids is 1. The molecule has 0 saturated heterocycles. The van der Waals surface area contributed by atoms with Gasteiger partial charge in [0.05, 0.1) is 17.2 Å². The summed E-state index contributed by atoms with van der Waals surface area (Å²) in [5, 5.41) is 8.71. The summed E-state index contributed by atoms with van der Waals surface area (Å²) in [5.74, 6) is 0.347. The molecule has 0 saturated carbocycles. The van der Waals surface area contributed by atoms with Crippen LogP contribution in [0.1, 0.15) is 22.8 Å². The van der Waals surface area contributed by atoms with Gasteiger partial charge in [-0.3, -0.25) is 4.79 Å². The van der Waals surface area contributed by atoms with Crippen molar-refractivity contribution in [3.05, 3.63) is 42.0 Å². The van der Waals surface area contributed by atoms with Crippen molar-refractivity contribution in [2.75, 3.05) is 6.61 Å². The summed E-state index contributed by atoms with van der Waals surface area (Å²) in [7, 11) is 0. The molecule has 0 heterocycles. The lowest BCUT2D eigenvalue weighted by Crippen LogP contribution is -2.01. The molecule has 1 rings (SSSR count). The Balaban J connectivity index is 3.11. The Hall–Kier alpha value is -2.08. The van der Waals surface area contributed by atoms with Gasteiger partial charge in [-0.15, -0.1) is 0 Å². The number of nitriles is 1. The van der Waals surface area contributed by atoms with E-state index < -0.39 is 0 Å². The predicted molar refractivity (Wildman–Crippen MR) is 56.9 cm³/mol. The molecule has 0 aliphatic rings. The highest BCUT2D eigenvalue weighted by Crippen LogP contribution is 2.20. The van der Waals surface area contributed by atoms with Gasteiger partial charge in [-0.25, -0.2) is 0 Å². The molecule has 0 N–H and O–H groups in total. The van der Waals surface area contributed by atoms with Crippen LogP contribution >= 0.6 is 0 Å². The molecule has 0 spiro atoms. The lowest BCUT2D eigenvalue weighted by molar-refractivity contribution is 0.101. The van der Waals surface area contributed by atoms with E-state index in [2.05, 4.69) is 6.58 Å². The van der Waals surface area contributed by atoms with Crippen molar-refractivity contribution in [3.8, 4) is 11.8 Å². The number of benzene rings is 1. The predicted octanol–water partition coefficient (Wildman–Crippen LogP) is 2.33. The molecule has 3 heteroatoms. The fourth-order valence-electron chi connectivity index (χ4n) is 1.15. The van der Waals surface area contributed by atoms with Gasteiger partial charge in [0.1, 0.15) is 12.4 Å². The number of Topliss-reactive ketones (excluding diaryl/α,β-unsaturated/α-hetero) is 1. The van der Waals surface area contributed by atoms with E-state index in [1.807, 2.05) is 6.07 Å². The Kier molecular flexibility index (Phi) is 3.64. The van der Waals surface area contributed by atoms with Gasteiger partial charge in [-0.05, 0) is 25.1 Å². The smallest absolute Gasteiger partial charge is 0.163 e. The first-order chi connectivity index (χ1) is 7.19. The highest BCUT2D eigenvalue weighted by molar-refractivity contribution is 5.97. The van der Waals surface area contributed by atoms with Crippen molar-refractivity contribution in [2.24, 2.45) is 0 Å². The minimum absolute atomic E-state index is 0.0847. The van der Waals surface area contributed by atoms with E-state index in [0.717, 1.165) is 0 Å². The minimum Gasteiger partial charge on any atom is -0.489 e. The van der Waals surface area contributed by atoms with Gasteiger partial charge in [-0.2, -0.15) is 5.26 Å². The second-order valence-corrected chi connectivity index (χ2v) is 2.98. The first-order valence-corrected chi connectivity index (χ1v) is 4.48. The van der Waals surface area contributed by atoms with Crippen molar-refractivity contribution in [3.63, 3.8) is 0 Å². The molecule has 0 fully saturated rings. The van der Waals surface area contributed by atoms with Crippen LogP contribution in [0.5, 0.6) is 5.75 Å². The molecule has 0 bridgehead atoms. The summed E-state index contributed by atoms with van der Waals surface area (Å²) < 4.78 is 5.30. The normalized spacial score (nSPS) is 9.07.